The summed E-state index contributed by atoms with van der Waals surface area (Å²) in [5.41, 5.74) is -0.305. The van der Waals surface area contributed by atoms with Crippen LogP contribution in [0.2, 0.25) is 5.02 Å². The summed E-state index contributed by atoms with van der Waals surface area (Å²) in [7, 11) is -9.12. The number of benzene rings is 1. The molecule has 4 rings (SSSR count). The molecular weight excluding hydrogens is 624 g/mol. The molecule has 10 atom stereocenters. The first-order chi connectivity index (χ1) is 19.2. The fraction of sp³-hybridized carbons (Fsp3) is 0.684. The van der Waals surface area contributed by atoms with Crippen LogP contribution in [0.4, 0.5) is 5.69 Å². The minimum absolute atomic E-state index is 0.305. The van der Waals surface area contributed by atoms with E-state index in [9.17, 15) is 57.5 Å². The summed E-state index contributed by atoms with van der Waals surface area (Å²) in [6.07, 6.45) is -18.1. The van der Waals surface area contributed by atoms with Crippen LogP contribution in [0.3, 0.4) is 0 Å². The van der Waals surface area contributed by atoms with Crippen molar-refractivity contribution in [2.45, 2.75) is 71.1 Å². The Hall–Kier alpha value is -1.67. The number of hydrogen-bond donors (Lipinski definition) is 9. The second-order valence-corrected chi connectivity index (χ2v) is 13.0. The molecule has 0 bridgehead atoms. The third-order valence-corrected chi connectivity index (χ3v) is 9.95. The normalized spacial score (nSPS) is 37.4. The third-order valence-electron chi connectivity index (χ3n) is 6.65. The fourth-order valence-corrected chi connectivity index (χ4v) is 7.35. The van der Waals surface area contributed by atoms with Gasteiger partial charge >= 0.3 is 0 Å². The third kappa shape index (κ3) is 6.07. The van der Waals surface area contributed by atoms with Crippen LogP contribution in [0.1, 0.15) is 0 Å². The topological polar surface area (TPSA) is 294 Å². The largest absolute Gasteiger partial charge is 0.394 e. The standard InChI is InChI=1S/C19H27ClN4O15S2/c20-6-1-7-11(40(33,34)21-5-24(7)23-32)2-10(6)41(35,36)22-18-15(30)14(29)17(9(4-26)37-18)39-19-16(31)13(28)12(27)8(3-25)38-19/h1-2,8-9,12-19,21-22,25-31H,3-5H2/t8-,9-,12+,13+,14-,15-,16-,17-,18?,19+/m1/s1. The second kappa shape index (κ2) is 12.1. The SMILES string of the molecule is O=NN1CNS(=O)(=O)c2cc(S(=O)(=O)NC3O[C@H](CO)[C@@H](O[C@@H]4O[C@H](CO)[C@H](O)[C@H](O)[C@H]4O)[C@H](O)[C@H]3O)c(Cl)cc21. The highest BCUT2D eigenvalue weighted by Gasteiger charge is 2.51. The zero-order valence-corrected chi connectivity index (χ0v) is 22.9. The Morgan fingerprint density at radius 1 is 1.02 bits per heavy atom. The molecule has 0 spiro atoms. The van der Waals surface area contributed by atoms with Gasteiger partial charge in [0.15, 0.2) is 12.5 Å². The Morgan fingerprint density at radius 2 is 1.68 bits per heavy atom. The van der Waals surface area contributed by atoms with E-state index in [-0.39, 0.29) is 5.69 Å². The zero-order chi connectivity index (χ0) is 30.4. The predicted molar refractivity (Wildman–Crippen MR) is 132 cm³/mol. The molecule has 0 aliphatic carbocycles. The maximum Gasteiger partial charge on any atom is 0.244 e. The number of sulfonamides is 2. The van der Waals surface area contributed by atoms with Gasteiger partial charge in [-0.25, -0.2) is 21.8 Å². The number of nitrogens with one attached hydrogen (secondary N) is 2. The predicted octanol–water partition coefficient (Wildman–Crippen LogP) is -5.02. The highest BCUT2D eigenvalue weighted by Crippen LogP contribution is 2.36. The minimum Gasteiger partial charge on any atom is -0.394 e. The monoisotopic (exact) mass is 650 g/mol. The van der Waals surface area contributed by atoms with Crippen molar-refractivity contribution in [2.75, 3.05) is 24.9 Å². The van der Waals surface area contributed by atoms with Crippen LogP contribution in [0.5, 0.6) is 0 Å². The summed E-state index contributed by atoms with van der Waals surface area (Å²) in [4.78, 5) is 9.59. The molecule has 1 aromatic rings. The molecule has 0 saturated carbocycles. The molecule has 1 unspecified atom stereocenters. The second-order valence-electron chi connectivity index (χ2n) is 9.22. The lowest BCUT2D eigenvalue weighted by molar-refractivity contribution is -0.342. The molecule has 232 valence electrons. The van der Waals surface area contributed by atoms with Crippen LogP contribution in [0.15, 0.2) is 27.2 Å². The van der Waals surface area contributed by atoms with Crippen LogP contribution in [0.25, 0.3) is 0 Å². The summed E-state index contributed by atoms with van der Waals surface area (Å²) in [5, 5.41) is 73.4. The van der Waals surface area contributed by atoms with Crippen LogP contribution in [-0.4, -0.2) is 134 Å². The average molecular weight is 651 g/mol. The summed E-state index contributed by atoms with van der Waals surface area (Å²) < 4.78 is 71.2. The van der Waals surface area contributed by atoms with Gasteiger partial charge in [-0.05, 0) is 12.1 Å². The van der Waals surface area contributed by atoms with E-state index in [1.165, 1.54) is 0 Å². The van der Waals surface area contributed by atoms with Crippen LogP contribution < -0.4 is 14.5 Å². The number of aliphatic hydroxyl groups is 7. The van der Waals surface area contributed by atoms with Crippen molar-refractivity contribution < 1.29 is 66.8 Å². The van der Waals surface area contributed by atoms with E-state index >= 15 is 0 Å². The van der Waals surface area contributed by atoms with Gasteiger partial charge in [0, 0.05) is 0 Å². The van der Waals surface area contributed by atoms with Gasteiger partial charge in [-0.15, -0.1) is 4.91 Å². The Balaban J connectivity index is 1.56. The number of nitrogens with zero attached hydrogens (tertiary/aromatic N) is 2. The number of hydrogen-bond acceptors (Lipinski definition) is 16. The van der Waals surface area contributed by atoms with E-state index in [1.54, 1.807) is 0 Å². The van der Waals surface area contributed by atoms with E-state index < -0.39 is 116 Å². The number of nitroso groups, excluding NO2 is 1. The molecular formula is C19H27ClN4O15S2. The molecule has 22 heteroatoms. The van der Waals surface area contributed by atoms with Crippen LogP contribution in [0, 0.1) is 4.91 Å². The van der Waals surface area contributed by atoms with Crippen molar-refractivity contribution >= 4 is 37.3 Å². The number of fused-ring (bicyclic) bond motifs is 1. The van der Waals surface area contributed by atoms with E-state index in [0.717, 1.165) is 6.07 Å². The van der Waals surface area contributed by atoms with E-state index in [0.29, 0.717) is 11.1 Å². The molecule has 0 aromatic heterocycles. The van der Waals surface area contributed by atoms with E-state index in [1.807, 2.05) is 9.44 Å². The highest BCUT2D eigenvalue weighted by atomic mass is 35.5. The number of ether oxygens (including phenoxy) is 3. The first kappa shape index (κ1) is 32.2. The average Bonchev–Trinajstić information content (AvgIpc) is 2.92. The molecule has 0 radical (unpaired) electrons. The van der Waals surface area contributed by atoms with Crippen molar-refractivity contribution in [1.29, 1.82) is 0 Å². The Labute approximate surface area is 236 Å². The van der Waals surface area contributed by atoms with Crippen molar-refractivity contribution in [3.63, 3.8) is 0 Å². The summed E-state index contributed by atoms with van der Waals surface area (Å²) in [6, 6.07) is 1.51. The molecule has 2 saturated heterocycles. The van der Waals surface area contributed by atoms with E-state index in [2.05, 4.69) is 5.29 Å². The molecule has 1 aromatic carbocycles. The molecule has 3 heterocycles. The lowest BCUT2D eigenvalue weighted by atomic mass is 9.96. The number of anilines is 1. The van der Waals surface area contributed by atoms with Gasteiger partial charge in [0.25, 0.3) is 0 Å². The molecule has 9 N–H and O–H groups in total. The molecule has 2 fully saturated rings. The molecule has 3 aliphatic heterocycles. The van der Waals surface area contributed by atoms with Gasteiger partial charge < -0.3 is 50.0 Å². The van der Waals surface area contributed by atoms with Gasteiger partial charge in [-0.3, -0.25) is 0 Å². The fourth-order valence-electron chi connectivity index (χ4n) is 4.43. The maximum absolute atomic E-state index is 13.2. The molecule has 3 aliphatic rings. The van der Waals surface area contributed by atoms with Crippen molar-refractivity contribution in [1.82, 2.24) is 9.44 Å². The van der Waals surface area contributed by atoms with Gasteiger partial charge in [0.2, 0.25) is 20.0 Å². The maximum atomic E-state index is 13.2. The number of halogens is 1. The molecule has 0 amide bonds. The minimum atomic E-state index is -4.84. The van der Waals surface area contributed by atoms with Gasteiger partial charge in [-0.2, -0.15) is 9.44 Å². The Morgan fingerprint density at radius 3 is 2.29 bits per heavy atom. The summed E-state index contributed by atoms with van der Waals surface area (Å²) in [5.74, 6) is 0. The van der Waals surface area contributed by atoms with Crippen molar-refractivity contribution in [2.24, 2.45) is 5.29 Å². The van der Waals surface area contributed by atoms with Crippen LogP contribution >= 0.6 is 11.6 Å². The van der Waals surface area contributed by atoms with Crippen LogP contribution in [-0.2, 0) is 34.3 Å². The lowest BCUT2D eigenvalue weighted by Crippen LogP contribution is -2.66. The Kier molecular flexibility index (Phi) is 9.55. The van der Waals surface area contributed by atoms with E-state index in [4.69, 9.17) is 25.8 Å². The van der Waals surface area contributed by atoms with Gasteiger partial charge in [0.05, 0.1) is 29.2 Å². The van der Waals surface area contributed by atoms with Gasteiger partial charge in [-0.1, -0.05) is 11.6 Å². The van der Waals surface area contributed by atoms with Gasteiger partial charge in [0.1, 0.15) is 65.3 Å². The summed E-state index contributed by atoms with van der Waals surface area (Å²) >= 11 is 6.08. The first-order valence-corrected chi connectivity index (χ1v) is 15.1. The quantitative estimate of drug-likeness (QED) is 0.119. The summed E-state index contributed by atoms with van der Waals surface area (Å²) in [6.45, 7) is -2.27. The smallest absolute Gasteiger partial charge is 0.244 e. The first-order valence-electron chi connectivity index (χ1n) is 11.7. The Bertz CT molecular complexity index is 1350. The molecule has 41 heavy (non-hydrogen) atoms. The van der Waals surface area contributed by atoms with Crippen molar-refractivity contribution in [3.05, 3.63) is 22.1 Å². The number of rotatable bonds is 8. The molecule has 19 nitrogen and oxygen atoms in total. The lowest BCUT2D eigenvalue weighted by Gasteiger charge is -2.46. The number of aliphatic hydroxyl groups excluding tert-OH is 7. The van der Waals surface area contributed by atoms with Crippen molar-refractivity contribution in [3.8, 4) is 0 Å². The highest BCUT2D eigenvalue weighted by molar-refractivity contribution is 7.90. The zero-order valence-electron chi connectivity index (χ0n) is 20.5.